The molecule has 0 aliphatic heterocycles. The summed E-state index contributed by atoms with van der Waals surface area (Å²) in [5.74, 6) is -0.734. The molecule has 22 heavy (non-hydrogen) atoms. The van der Waals surface area contributed by atoms with Crippen molar-refractivity contribution in [2.24, 2.45) is 0 Å². The Labute approximate surface area is 126 Å². The van der Waals surface area contributed by atoms with Crippen LogP contribution in [0.4, 0.5) is 19.1 Å². The van der Waals surface area contributed by atoms with Gasteiger partial charge in [-0.1, -0.05) is 16.8 Å². The molecule has 0 radical (unpaired) electrons. The fourth-order valence-corrected chi connectivity index (χ4v) is 1.85. The summed E-state index contributed by atoms with van der Waals surface area (Å²) in [6.07, 6.45) is -4.16. The average molecular weight is 336 g/mol. The van der Waals surface area contributed by atoms with E-state index >= 15 is 0 Å². The highest BCUT2D eigenvalue weighted by atomic mass is 35.5. The highest BCUT2D eigenvalue weighted by Crippen LogP contribution is 2.29. The number of amides is 1. The van der Waals surface area contributed by atoms with Crippen LogP contribution in [0.2, 0.25) is 5.02 Å². The molecule has 0 atom stereocenters. The van der Waals surface area contributed by atoms with Crippen molar-refractivity contribution in [2.45, 2.75) is 19.6 Å². The number of hydrogen-bond acceptors (Lipinski definition) is 4. The Morgan fingerprint density at radius 2 is 2.14 bits per heavy atom. The van der Waals surface area contributed by atoms with Gasteiger partial charge in [-0.05, 0) is 13.0 Å². The summed E-state index contributed by atoms with van der Waals surface area (Å²) in [6.45, 7) is 0.971. The van der Waals surface area contributed by atoms with E-state index < -0.39 is 34.8 Å². The van der Waals surface area contributed by atoms with Crippen LogP contribution in [0, 0.1) is 6.92 Å². The number of halogens is 4. The fourth-order valence-electron chi connectivity index (χ4n) is 1.63. The summed E-state index contributed by atoms with van der Waals surface area (Å²) in [6, 6.07) is 1.93. The molecule has 1 N–H and O–H groups in total. The van der Waals surface area contributed by atoms with Gasteiger partial charge in [0.15, 0.2) is 0 Å². The minimum atomic E-state index is -4.68. The first-order chi connectivity index (χ1) is 10.2. The van der Waals surface area contributed by atoms with Crippen molar-refractivity contribution in [1.82, 2.24) is 9.72 Å². The van der Waals surface area contributed by atoms with Gasteiger partial charge in [0, 0.05) is 12.3 Å². The van der Waals surface area contributed by atoms with Gasteiger partial charge < -0.3 is 9.09 Å². The zero-order valence-corrected chi connectivity index (χ0v) is 11.8. The van der Waals surface area contributed by atoms with E-state index in [1.54, 1.807) is 6.92 Å². The van der Waals surface area contributed by atoms with Crippen molar-refractivity contribution < 1.29 is 22.5 Å². The Kier molecular flexibility index (Phi) is 4.27. The number of aromatic nitrogens is 2. The molecule has 0 saturated heterocycles. The maximum atomic E-state index is 12.7. The van der Waals surface area contributed by atoms with Gasteiger partial charge in [0.05, 0.1) is 11.3 Å². The van der Waals surface area contributed by atoms with Gasteiger partial charge in [-0.25, -0.2) is 0 Å². The number of aryl methyl sites for hydroxylation is 1. The molecular formula is C12H9ClF3N3O3. The Morgan fingerprint density at radius 1 is 1.45 bits per heavy atom. The van der Waals surface area contributed by atoms with Gasteiger partial charge in [0.1, 0.15) is 11.6 Å². The van der Waals surface area contributed by atoms with Crippen LogP contribution in [0.5, 0.6) is 0 Å². The first-order valence-corrected chi connectivity index (χ1v) is 6.25. The number of anilines is 1. The van der Waals surface area contributed by atoms with E-state index in [9.17, 15) is 22.8 Å². The largest absolute Gasteiger partial charge is 0.417 e. The second kappa shape index (κ2) is 5.84. The van der Waals surface area contributed by atoms with Gasteiger partial charge in [0.2, 0.25) is 11.8 Å². The Morgan fingerprint density at radius 3 is 2.68 bits per heavy atom. The number of nitrogens with zero attached hydrogens (tertiary/aromatic N) is 2. The summed E-state index contributed by atoms with van der Waals surface area (Å²) < 4.78 is 43.3. The van der Waals surface area contributed by atoms with Crippen LogP contribution in [-0.2, 0) is 17.5 Å². The number of carbonyl (C=O) groups is 1. The number of nitrogens with one attached hydrogen (secondary N) is 1. The lowest BCUT2D eigenvalue weighted by atomic mass is 10.2. The maximum absolute atomic E-state index is 12.7. The Bertz CT molecular complexity index is 767. The van der Waals surface area contributed by atoms with Gasteiger partial charge in [-0.2, -0.15) is 13.2 Å². The minimum Gasteiger partial charge on any atom is -0.338 e. The molecule has 0 bridgehead atoms. The molecule has 0 fully saturated rings. The molecule has 2 heterocycles. The summed E-state index contributed by atoms with van der Waals surface area (Å²) in [7, 11) is 0. The minimum absolute atomic E-state index is 0.0219. The molecule has 10 heteroatoms. The molecule has 2 rings (SSSR count). The quantitative estimate of drug-likeness (QED) is 0.934. The monoisotopic (exact) mass is 335 g/mol. The number of pyridine rings is 1. The molecule has 0 aromatic carbocycles. The van der Waals surface area contributed by atoms with E-state index in [0.717, 1.165) is 0 Å². The lowest BCUT2D eigenvalue weighted by Gasteiger charge is -2.11. The first-order valence-electron chi connectivity index (χ1n) is 5.87. The third-order valence-corrected chi connectivity index (χ3v) is 2.84. The van der Waals surface area contributed by atoms with Crippen LogP contribution in [0.25, 0.3) is 0 Å². The number of rotatable bonds is 3. The topological polar surface area (TPSA) is 77.1 Å². The SMILES string of the molecule is Cc1cc(NC(=O)Cn2cc(C(F)(F)F)cc(Cl)c2=O)on1. The lowest BCUT2D eigenvalue weighted by molar-refractivity contribution is -0.138. The number of hydrogen-bond donors (Lipinski definition) is 1. The van der Waals surface area contributed by atoms with Crippen LogP contribution < -0.4 is 10.9 Å². The Balaban J connectivity index is 2.23. The first kappa shape index (κ1) is 16.1. The molecule has 2 aromatic rings. The molecule has 0 spiro atoms. The summed E-state index contributed by atoms with van der Waals surface area (Å²) in [5, 5.41) is 5.16. The maximum Gasteiger partial charge on any atom is 0.417 e. The van der Waals surface area contributed by atoms with Crippen molar-refractivity contribution in [2.75, 3.05) is 5.32 Å². The molecule has 0 saturated carbocycles. The molecular weight excluding hydrogens is 327 g/mol. The van der Waals surface area contributed by atoms with E-state index in [4.69, 9.17) is 16.1 Å². The van der Waals surface area contributed by atoms with Crippen molar-refractivity contribution in [3.05, 3.63) is 45.0 Å². The van der Waals surface area contributed by atoms with Gasteiger partial charge in [0.25, 0.3) is 5.56 Å². The normalized spacial score (nSPS) is 11.5. The van der Waals surface area contributed by atoms with Crippen molar-refractivity contribution in [3.8, 4) is 0 Å². The summed E-state index contributed by atoms with van der Waals surface area (Å²) in [5.41, 5.74) is -1.52. The van der Waals surface area contributed by atoms with Crippen LogP contribution in [0.3, 0.4) is 0 Å². The molecule has 0 aliphatic carbocycles. The van der Waals surface area contributed by atoms with Crippen LogP contribution >= 0.6 is 11.6 Å². The average Bonchev–Trinajstić information content (AvgIpc) is 2.78. The van der Waals surface area contributed by atoms with Crippen molar-refractivity contribution >= 4 is 23.4 Å². The van der Waals surface area contributed by atoms with Gasteiger partial charge >= 0.3 is 6.18 Å². The van der Waals surface area contributed by atoms with Crippen LogP contribution in [0.15, 0.2) is 27.6 Å². The zero-order chi connectivity index (χ0) is 16.5. The predicted molar refractivity (Wildman–Crippen MR) is 70.6 cm³/mol. The fraction of sp³-hybridized carbons (Fsp3) is 0.250. The van der Waals surface area contributed by atoms with Gasteiger partial charge in [-0.3, -0.25) is 14.9 Å². The standard InChI is InChI=1S/C12H9ClF3N3O3/c1-6-2-10(22-18-6)17-9(20)5-19-4-7(12(14,15)16)3-8(13)11(19)21/h2-4H,5H2,1H3,(H,17,20). The molecule has 2 aromatic heterocycles. The van der Waals surface area contributed by atoms with Crippen LogP contribution in [0.1, 0.15) is 11.3 Å². The summed E-state index contributed by atoms with van der Waals surface area (Å²) in [4.78, 5) is 23.4. The van der Waals surface area contributed by atoms with E-state index in [1.807, 2.05) is 0 Å². The van der Waals surface area contributed by atoms with E-state index in [2.05, 4.69) is 10.5 Å². The molecule has 0 aliphatic rings. The molecule has 118 valence electrons. The van der Waals surface area contributed by atoms with E-state index in [1.165, 1.54) is 6.07 Å². The number of alkyl halides is 3. The smallest absolute Gasteiger partial charge is 0.338 e. The third kappa shape index (κ3) is 3.67. The van der Waals surface area contributed by atoms with Crippen LogP contribution in [-0.4, -0.2) is 15.6 Å². The van der Waals surface area contributed by atoms with E-state index in [0.29, 0.717) is 22.5 Å². The number of carbonyl (C=O) groups excluding carboxylic acids is 1. The van der Waals surface area contributed by atoms with Crippen molar-refractivity contribution in [1.29, 1.82) is 0 Å². The lowest BCUT2D eigenvalue weighted by Crippen LogP contribution is -2.29. The molecule has 1 amide bonds. The highest BCUT2D eigenvalue weighted by Gasteiger charge is 2.32. The second-order valence-electron chi connectivity index (χ2n) is 4.39. The Hall–Kier alpha value is -2.29. The third-order valence-electron chi connectivity index (χ3n) is 2.57. The molecule has 0 unspecified atom stereocenters. The molecule has 6 nitrogen and oxygen atoms in total. The van der Waals surface area contributed by atoms with E-state index in [-0.39, 0.29) is 5.88 Å². The highest BCUT2D eigenvalue weighted by molar-refractivity contribution is 6.30. The van der Waals surface area contributed by atoms with Gasteiger partial charge in [-0.15, -0.1) is 0 Å². The second-order valence-corrected chi connectivity index (χ2v) is 4.80. The zero-order valence-electron chi connectivity index (χ0n) is 11.1. The summed E-state index contributed by atoms with van der Waals surface area (Å²) >= 11 is 5.48. The predicted octanol–water partition coefficient (Wildman–Crippen LogP) is 2.46. The van der Waals surface area contributed by atoms with Crippen molar-refractivity contribution in [3.63, 3.8) is 0 Å².